The molecule has 2 aromatic carbocycles. The van der Waals surface area contributed by atoms with Gasteiger partial charge in [-0.05, 0) is 48.2 Å². The van der Waals surface area contributed by atoms with E-state index in [1.54, 1.807) is 24.3 Å². The van der Waals surface area contributed by atoms with Crippen molar-refractivity contribution in [3.8, 4) is 23.7 Å². The van der Waals surface area contributed by atoms with Crippen molar-refractivity contribution in [3.05, 3.63) is 114 Å². The van der Waals surface area contributed by atoms with E-state index < -0.39 is 23.0 Å². The second-order valence-electron chi connectivity index (χ2n) is 6.61. The first kappa shape index (κ1) is 21.7. The van der Waals surface area contributed by atoms with E-state index in [2.05, 4.69) is 43.7 Å². The third-order valence-electron chi connectivity index (χ3n) is 4.58. The Morgan fingerprint density at radius 2 is 1.03 bits per heavy atom. The van der Waals surface area contributed by atoms with Crippen LogP contribution in [0.2, 0.25) is 0 Å². The molecular weight excluding hydrogens is 404 g/mol. The van der Waals surface area contributed by atoms with Gasteiger partial charge in [-0.15, -0.1) is 0 Å². The number of hydrogen-bond acceptors (Lipinski definition) is 4. The van der Waals surface area contributed by atoms with Gasteiger partial charge in [-0.2, -0.15) is 0 Å². The summed E-state index contributed by atoms with van der Waals surface area (Å²) in [6.45, 7) is 3.68. The number of carbonyl (C=O) groups excluding carboxylic acids is 2. The highest BCUT2D eigenvalue weighted by Gasteiger charge is 2.32. The molecule has 0 bridgehead atoms. The van der Waals surface area contributed by atoms with Crippen LogP contribution in [0.25, 0.3) is 20.9 Å². The second kappa shape index (κ2) is 9.67. The summed E-state index contributed by atoms with van der Waals surface area (Å²) in [5, 5.41) is 6.80. The van der Waals surface area contributed by atoms with E-state index in [-0.39, 0.29) is 11.1 Å². The van der Waals surface area contributed by atoms with Crippen molar-refractivity contribution in [2.24, 2.45) is 10.2 Å². The molecule has 32 heavy (non-hydrogen) atoms. The summed E-state index contributed by atoms with van der Waals surface area (Å²) in [4.78, 5) is 31.4. The lowest BCUT2D eigenvalue weighted by atomic mass is 9.91. The molecule has 3 rings (SSSR count). The quantitative estimate of drug-likeness (QED) is 0.224. The van der Waals surface area contributed by atoms with Crippen molar-refractivity contribution in [3.63, 3.8) is 0 Å². The fourth-order valence-corrected chi connectivity index (χ4v) is 2.88. The first-order valence-electron chi connectivity index (χ1n) is 9.31. The molecule has 0 N–H and O–H groups in total. The summed E-state index contributed by atoms with van der Waals surface area (Å²) >= 11 is 0. The van der Waals surface area contributed by atoms with E-state index in [1.807, 2.05) is 38.1 Å². The van der Waals surface area contributed by atoms with Crippen molar-refractivity contribution in [1.82, 2.24) is 0 Å². The number of Topliss-reactive ketones (excluding diaryl/α,β-unsaturated/α-hetero) is 2. The molecule has 0 heterocycles. The van der Waals surface area contributed by atoms with E-state index in [1.165, 1.54) is 0 Å². The zero-order chi connectivity index (χ0) is 23.1. The minimum absolute atomic E-state index is 0.347. The minimum atomic E-state index is -0.833. The number of aryl methyl sites for hydroxylation is 2. The first-order valence-corrected chi connectivity index (χ1v) is 9.31. The standard InChI is InChI=1S/C24H14N6O2/c1-15-7-3-5-9-17(15)11-13-19-21(27-29-25)24(32)20(22(23(19)31)28-30-26)14-12-18-10-6-4-8-16(18)2/h3-10H,1-2H3. The van der Waals surface area contributed by atoms with Crippen LogP contribution in [-0.2, 0) is 9.59 Å². The van der Waals surface area contributed by atoms with Crippen LogP contribution in [-0.4, -0.2) is 11.6 Å². The number of allylic oxidation sites excluding steroid dienone is 2. The van der Waals surface area contributed by atoms with Crippen molar-refractivity contribution in [1.29, 1.82) is 0 Å². The van der Waals surface area contributed by atoms with Crippen molar-refractivity contribution in [2.45, 2.75) is 13.8 Å². The van der Waals surface area contributed by atoms with E-state index >= 15 is 0 Å². The van der Waals surface area contributed by atoms with Crippen LogP contribution in [0.4, 0.5) is 0 Å². The predicted molar refractivity (Wildman–Crippen MR) is 118 cm³/mol. The molecule has 0 atom stereocenters. The van der Waals surface area contributed by atoms with E-state index in [9.17, 15) is 9.59 Å². The molecular formula is C24H14N6O2. The van der Waals surface area contributed by atoms with Crippen molar-refractivity contribution < 1.29 is 9.59 Å². The molecule has 0 aromatic heterocycles. The molecule has 2 aromatic rings. The van der Waals surface area contributed by atoms with Crippen LogP contribution in [0.3, 0.4) is 0 Å². The monoisotopic (exact) mass is 418 g/mol. The Bertz CT molecular complexity index is 1330. The van der Waals surface area contributed by atoms with Crippen LogP contribution in [0.5, 0.6) is 0 Å². The fourth-order valence-electron chi connectivity index (χ4n) is 2.88. The Balaban J connectivity index is 2.19. The first-order chi connectivity index (χ1) is 15.5. The molecule has 0 radical (unpaired) electrons. The highest BCUT2D eigenvalue weighted by molar-refractivity contribution is 6.28. The maximum Gasteiger partial charge on any atom is 0.205 e. The van der Waals surface area contributed by atoms with Gasteiger partial charge in [0.2, 0.25) is 11.6 Å². The summed E-state index contributed by atoms with van der Waals surface area (Å²) in [6.07, 6.45) is 0. The number of azide groups is 2. The maximum absolute atomic E-state index is 13.1. The number of ketones is 2. The molecule has 8 nitrogen and oxygen atoms in total. The Hall–Kier alpha value is -5.00. The molecule has 1 aliphatic rings. The topological polar surface area (TPSA) is 132 Å². The largest absolute Gasteiger partial charge is 0.288 e. The number of carbonyl (C=O) groups is 2. The van der Waals surface area contributed by atoms with Gasteiger partial charge in [0.25, 0.3) is 0 Å². The number of rotatable bonds is 2. The predicted octanol–water partition coefficient (Wildman–Crippen LogP) is 4.99. The summed E-state index contributed by atoms with van der Waals surface area (Å²) in [5.41, 5.74) is 19.2. The number of nitrogens with zero attached hydrogens (tertiary/aromatic N) is 6. The van der Waals surface area contributed by atoms with Gasteiger partial charge in [-0.3, -0.25) is 9.59 Å². The Kier molecular flexibility index (Phi) is 6.56. The van der Waals surface area contributed by atoms with Crippen molar-refractivity contribution >= 4 is 11.6 Å². The Morgan fingerprint density at radius 3 is 1.38 bits per heavy atom. The van der Waals surface area contributed by atoms with Crippen LogP contribution in [0, 0.1) is 37.5 Å². The zero-order valence-electron chi connectivity index (χ0n) is 17.1. The zero-order valence-corrected chi connectivity index (χ0v) is 17.1. The van der Waals surface area contributed by atoms with Crippen LogP contribution < -0.4 is 0 Å². The van der Waals surface area contributed by atoms with Gasteiger partial charge in [0.1, 0.15) is 11.4 Å². The summed E-state index contributed by atoms with van der Waals surface area (Å²) in [5.74, 6) is 9.18. The van der Waals surface area contributed by atoms with Gasteiger partial charge in [-0.25, -0.2) is 0 Å². The van der Waals surface area contributed by atoms with Gasteiger partial charge >= 0.3 is 0 Å². The second-order valence-corrected chi connectivity index (χ2v) is 6.61. The van der Waals surface area contributed by atoms with Gasteiger partial charge in [0.05, 0.1) is 11.1 Å². The van der Waals surface area contributed by atoms with Crippen LogP contribution in [0.1, 0.15) is 22.3 Å². The smallest absolute Gasteiger partial charge is 0.205 e. The SMILES string of the molecule is Cc1ccccc1C#CC1=C(N=[N+]=[N-])C(=O)C(C#Cc2ccccc2C)=C(N=[N+]=[N-])C1=O. The molecule has 0 spiro atoms. The lowest BCUT2D eigenvalue weighted by Crippen LogP contribution is -2.21. The molecule has 8 heteroatoms. The normalized spacial score (nSPS) is 12.7. The molecule has 1 aliphatic carbocycles. The fraction of sp³-hybridized carbons (Fsp3) is 0.0833. The highest BCUT2D eigenvalue weighted by atomic mass is 16.1. The maximum atomic E-state index is 13.1. The van der Waals surface area contributed by atoms with E-state index in [0.717, 1.165) is 11.1 Å². The third kappa shape index (κ3) is 4.43. The molecule has 0 saturated heterocycles. The van der Waals surface area contributed by atoms with Gasteiger partial charge < -0.3 is 0 Å². The Labute approximate surface area is 183 Å². The van der Waals surface area contributed by atoms with Crippen LogP contribution in [0.15, 0.2) is 81.3 Å². The minimum Gasteiger partial charge on any atom is -0.288 e. The lowest BCUT2D eigenvalue weighted by molar-refractivity contribution is -0.116. The van der Waals surface area contributed by atoms with Gasteiger partial charge in [0, 0.05) is 21.0 Å². The molecule has 0 aliphatic heterocycles. The average Bonchev–Trinajstić information content (AvgIpc) is 2.79. The molecule has 0 amide bonds. The summed E-state index contributed by atoms with van der Waals surface area (Å²) < 4.78 is 0. The van der Waals surface area contributed by atoms with E-state index in [4.69, 9.17) is 11.1 Å². The molecule has 0 fully saturated rings. The lowest BCUT2D eigenvalue weighted by Gasteiger charge is -2.13. The average molecular weight is 418 g/mol. The number of benzene rings is 2. The molecule has 152 valence electrons. The Morgan fingerprint density at radius 1 is 0.656 bits per heavy atom. The van der Waals surface area contributed by atoms with Crippen molar-refractivity contribution in [2.75, 3.05) is 0 Å². The summed E-state index contributed by atoms with van der Waals surface area (Å²) in [6, 6.07) is 14.4. The highest BCUT2D eigenvalue weighted by Crippen LogP contribution is 2.27. The third-order valence-corrected chi connectivity index (χ3v) is 4.58. The van der Waals surface area contributed by atoms with Gasteiger partial charge in [0.15, 0.2) is 0 Å². The molecule has 0 unspecified atom stereocenters. The molecule has 0 saturated carbocycles. The number of hydrogen-bond donors (Lipinski definition) is 0. The van der Waals surface area contributed by atoms with Gasteiger partial charge in [-0.1, -0.05) is 70.3 Å². The summed E-state index contributed by atoms with van der Waals surface area (Å²) in [7, 11) is 0. The van der Waals surface area contributed by atoms with E-state index in [0.29, 0.717) is 11.1 Å². The van der Waals surface area contributed by atoms with Crippen LogP contribution >= 0.6 is 0 Å².